The molecule has 0 bridgehead atoms. The second-order valence-corrected chi connectivity index (χ2v) is 7.22. The Bertz CT molecular complexity index is 589. The van der Waals surface area contributed by atoms with Crippen molar-refractivity contribution < 1.29 is 14.7 Å². The van der Waals surface area contributed by atoms with Crippen LogP contribution in [0.4, 0.5) is 0 Å². The lowest BCUT2D eigenvalue weighted by Gasteiger charge is -2.38. The van der Waals surface area contributed by atoms with Crippen LogP contribution in [0.5, 0.6) is 0 Å². The first-order chi connectivity index (χ1) is 10.5. The van der Waals surface area contributed by atoms with Crippen molar-refractivity contribution in [3.05, 3.63) is 15.6 Å². The summed E-state index contributed by atoms with van der Waals surface area (Å²) in [7, 11) is 0. The maximum Gasteiger partial charge on any atom is 0.329 e. The molecule has 0 spiro atoms. The van der Waals surface area contributed by atoms with Crippen LogP contribution in [0.25, 0.3) is 0 Å². The molecule has 1 saturated heterocycles. The number of nitrogens with one attached hydrogen (secondary N) is 2. The zero-order valence-corrected chi connectivity index (χ0v) is 13.5. The Labute approximate surface area is 133 Å². The fourth-order valence-corrected chi connectivity index (χ4v) is 4.20. The third-order valence-corrected chi connectivity index (χ3v) is 6.00. The lowest BCUT2D eigenvalue weighted by molar-refractivity contribution is -0.148. The lowest BCUT2D eigenvalue weighted by Crippen LogP contribution is -2.59. The lowest BCUT2D eigenvalue weighted by atomic mass is 9.76. The quantitative estimate of drug-likeness (QED) is 0.784. The van der Waals surface area contributed by atoms with Crippen molar-refractivity contribution in [2.24, 2.45) is 0 Å². The summed E-state index contributed by atoms with van der Waals surface area (Å²) >= 11 is 1.42. The van der Waals surface area contributed by atoms with Crippen molar-refractivity contribution in [1.82, 2.24) is 15.6 Å². The smallest absolute Gasteiger partial charge is 0.329 e. The van der Waals surface area contributed by atoms with Gasteiger partial charge in [0, 0.05) is 5.92 Å². The van der Waals surface area contributed by atoms with Gasteiger partial charge in [-0.05, 0) is 52.1 Å². The van der Waals surface area contributed by atoms with Gasteiger partial charge >= 0.3 is 5.97 Å². The van der Waals surface area contributed by atoms with Gasteiger partial charge < -0.3 is 15.7 Å². The molecule has 1 amide bonds. The van der Waals surface area contributed by atoms with Crippen molar-refractivity contribution >= 4 is 23.2 Å². The number of aryl methyl sites for hydroxylation is 1. The van der Waals surface area contributed by atoms with Crippen molar-refractivity contribution in [2.45, 2.75) is 50.5 Å². The molecule has 7 heteroatoms. The van der Waals surface area contributed by atoms with Gasteiger partial charge in [-0.3, -0.25) is 4.79 Å². The van der Waals surface area contributed by atoms with Crippen LogP contribution in [-0.4, -0.2) is 40.6 Å². The molecule has 1 aromatic heterocycles. The number of hydrogen-bond donors (Lipinski definition) is 3. The van der Waals surface area contributed by atoms with E-state index in [1.165, 1.54) is 11.3 Å². The number of aromatic nitrogens is 1. The normalized spacial score (nSPS) is 21.1. The zero-order chi connectivity index (χ0) is 15.7. The van der Waals surface area contributed by atoms with Gasteiger partial charge in [0.25, 0.3) is 5.91 Å². The van der Waals surface area contributed by atoms with Crippen LogP contribution < -0.4 is 10.6 Å². The number of rotatable bonds is 4. The van der Waals surface area contributed by atoms with E-state index in [1.54, 1.807) is 0 Å². The third-order valence-electron chi connectivity index (χ3n) is 4.68. The van der Waals surface area contributed by atoms with Gasteiger partial charge in [0.05, 0.1) is 10.7 Å². The molecular formula is C15H21N3O3S. The zero-order valence-electron chi connectivity index (χ0n) is 12.6. The average molecular weight is 323 g/mol. The number of carbonyl (C=O) groups is 2. The van der Waals surface area contributed by atoms with E-state index in [2.05, 4.69) is 15.6 Å². The molecule has 1 aliphatic carbocycles. The number of thiazole rings is 1. The predicted molar refractivity (Wildman–Crippen MR) is 83.4 cm³/mol. The Morgan fingerprint density at radius 1 is 1.36 bits per heavy atom. The fourth-order valence-electron chi connectivity index (χ4n) is 3.07. The van der Waals surface area contributed by atoms with Gasteiger partial charge in [0.1, 0.15) is 10.4 Å². The summed E-state index contributed by atoms with van der Waals surface area (Å²) in [6.45, 7) is 3.78. The number of carboxylic acids is 1. The highest BCUT2D eigenvalue weighted by atomic mass is 32.1. The molecule has 22 heavy (non-hydrogen) atoms. The Morgan fingerprint density at radius 3 is 2.59 bits per heavy atom. The van der Waals surface area contributed by atoms with E-state index in [0.717, 1.165) is 37.4 Å². The van der Waals surface area contributed by atoms with Crippen LogP contribution >= 0.6 is 11.3 Å². The van der Waals surface area contributed by atoms with Crippen LogP contribution in [0.2, 0.25) is 0 Å². The van der Waals surface area contributed by atoms with E-state index in [4.69, 9.17) is 0 Å². The first kappa shape index (κ1) is 15.4. The van der Waals surface area contributed by atoms with E-state index in [1.807, 2.05) is 6.92 Å². The first-order valence-electron chi connectivity index (χ1n) is 7.76. The maximum atomic E-state index is 12.5. The van der Waals surface area contributed by atoms with Crippen molar-refractivity contribution in [2.75, 3.05) is 13.1 Å². The highest BCUT2D eigenvalue weighted by Crippen LogP contribution is 2.34. The summed E-state index contributed by atoms with van der Waals surface area (Å²) in [6, 6.07) is 0. The Balaban J connectivity index is 1.75. The number of piperidine rings is 1. The summed E-state index contributed by atoms with van der Waals surface area (Å²) < 4.78 is 0. The molecule has 0 radical (unpaired) electrons. The molecule has 3 rings (SSSR count). The second kappa shape index (κ2) is 5.96. The van der Waals surface area contributed by atoms with Crippen molar-refractivity contribution in [3.8, 4) is 0 Å². The highest BCUT2D eigenvalue weighted by molar-refractivity contribution is 7.13. The van der Waals surface area contributed by atoms with E-state index in [-0.39, 0.29) is 5.91 Å². The standard InChI is InChI=1S/C15H21N3O3S/c1-9-11(12(19)18-15(14(20)21)5-2-6-15)22-13(17-9)10-3-7-16-8-4-10/h10,16H,2-8H2,1H3,(H,18,19)(H,20,21). The minimum Gasteiger partial charge on any atom is -0.480 e. The van der Waals surface area contributed by atoms with Crippen LogP contribution in [0.15, 0.2) is 0 Å². The molecular weight excluding hydrogens is 302 g/mol. The molecule has 6 nitrogen and oxygen atoms in total. The molecule has 2 heterocycles. The summed E-state index contributed by atoms with van der Waals surface area (Å²) in [5.41, 5.74) is -0.362. The first-order valence-corrected chi connectivity index (χ1v) is 8.57. The van der Waals surface area contributed by atoms with E-state index < -0.39 is 11.5 Å². The van der Waals surface area contributed by atoms with Crippen molar-refractivity contribution in [1.29, 1.82) is 0 Å². The van der Waals surface area contributed by atoms with Gasteiger partial charge in [-0.1, -0.05) is 0 Å². The summed E-state index contributed by atoms with van der Waals surface area (Å²) in [4.78, 5) is 28.9. The van der Waals surface area contributed by atoms with Crippen LogP contribution in [0.1, 0.15) is 58.4 Å². The van der Waals surface area contributed by atoms with Crippen LogP contribution in [0, 0.1) is 6.92 Å². The summed E-state index contributed by atoms with van der Waals surface area (Å²) in [6.07, 6.45) is 3.93. The molecule has 120 valence electrons. The second-order valence-electron chi connectivity index (χ2n) is 6.19. The summed E-state index contributed by atoms with van der Waals surface area (Å²) in [5, 5.41) is 16.4. The number of carbonyl (C=O) groups excluding carboxylic acids is 1. The Morgan fingerprint density at radius 2 is 2.05 bits per heavy atom. The maximum absolute atomic E-state index is 12.5. The number of amides is 1. The number of hydrogen-bond acceptors (Lipinski definition) is 5. The fraction of sp³-hybridized carbons (Fsp3) is 0.667. The van der Waals surface area contributed by atoms with Gasteiger partial charge in [-0.25, -0.2) is 9.78 Å². The monoisotopic (exact) mass is 323 g/mol. The molecule has 2 fully saturated rings. The molecule has 1 aliphatic heterocycles. The number of aliphatic carboxylic acids is 1. The van der Waals surface area contributed by atoms with Crippen LogP contribution in [0.3, 0.4) is 0 Å². The largest absolute Gasteiger partial charge is 0.480 e. The molecule has 2 aliphatic rings. The van der Waals surface area contributed by atoms with Crippen molar-refractivity contribution in [3.63, 3.8) is 0 Å². The van der Waals surface area contributed by atoms with Gasteiger partial charge in [-0.15, -0.1) is 11.3 Å². The Hall–Kier alpha value is -1.47. The van der Waals surface area contributed by atoms with Gasteiger partial charge in [0.2, 0.25) is 0 Å². The SMILES string of the molecule is Cc1nc(C2CCNCC2)sc1C(=O)NC1(C(=O)O)CCC1. The third kappa shape index (κ3) is 2.75. The average Bonchev–Trinajstić information content (AvgIpc) is 2.85. The molecule has 3 N–H and O–H groups in total. The highest BCUT2D eigenvalue weighted by Gasteiger charge is 2.46. The minimum absolute atomic E-state index is 0.294. The molecule has 0 atom stereocenters. The molecule has 0 unspecified atom stereocenters. The van der Waals surface area contributed by atoms with Gasteiger partial charge in [0.15, 0.2) is 0 Å². The topological polar surface area (TPSA) is 91.3 Å². The van der Waals surface area contributed by atoms with Gasteiger partial charge in [-0.2, -0.15) is 0 Å². The van der Waals surface area contributed by atoms with E-state index in [9.17, 15) is 14.7 Å². The summed E-state index contributed by atoms with van der Waals surface area (Å²) in [5.74, 6) is -0.825. The molecule has 1 saturated carbocycles. The van der Waals surface area contributed by atoms with E-state index >= 15 is 0 Å². The van der Waals surface area contributed by atoms with Crippen LogP contribution in [-0.2, 0) is 4.79 Å². The van der Waals surface area contributed by atoms with E-state index in [0.29, 0.717) is 29.3 Å². The minimum atomic E-state index is -1.07. The number of carboxylic acid groups (broad SMARTS) is 1. The molecule has 1 aromatic rings. The predicted octanol–water partition coefficient (Wildman–Crippen LogP) is 1.66. The Kier molecular flexibility index (Phi) is 4.18. The number of nitrogens with zero attached hydrogens (tertiary/aromatic N) is 1. The molecule has 0 aromatic carbocycles.